The number of aryl methyl sites for hydroxylation is 1. The summed E-state index contributed by atoms with van der Waals surface area (Å²) < 4.78 is 7.28. The van der Waals surface area contributed by atoms with Crippen LogP contribution in [-0.4, -0.2) is 25.4 Å². The van der Waals surface area contributed by atoms with E-state index in [0.717, 1.165) is 17.0 Å². The van der Waals surface area contributed by atoms with E-state index in [1.54, 1.807) is 36.8 Å². The van der Waals surface area contributed by atoms with Gasteiger partial charge in [0.15, 0.2) is 5.13 Å². The molecule has 4 heterocycles. The van der Waals surface area contributed by atoms with Crippen molar-refractivity contribution in [2.24, 2.45) is 0 Å². The number of anilines is 1. The molecule has 140 valence electrons. The Morgan fingerprint density at radius 3 is 2.93 bits per heavy atom. The van der Waals surface area contributed by atoms with Crippen LogP contribution in [0, 0.1) is 6.92 Å². The first-order chi connectivity index (χ1) is 13.7. The molecule has 4 aromatic heterocycles. The Hall–Kier alpha value is -3.52. The van der Waals surface area contributed by atoms with E-state index in [1.807, 2.05) is 41.3 Å². The van der Waals surface area contributed by atoms with Crippen LogP contribution in [0.25, 0.3) is 12.2 Å². The number of nitrogens with one attached hydrogen (secondary N) is 1. The zero-order valence-corrected chi connectivity index (χ0v) is 15.9. The number of hydrogen-bond donors (Lipinski definition) is 1. The van der Waals surface area contributed by atoms with Crippen LogP contribution in [0.5, 0.6) is 0 Å². The third-order valence-electron chi connectivity index (χ3n) is 3.94. The third-order valence-corrected chi connectivity index (χ3v) is 4.72. The molecule has 28 heavy (non-hydrogen) atoms. The predicted molar refractivity (Wildman–Crippen MR) is 108 cm³/mol. The smallest absolute Gasteiger partial charge is 0.274 e. The Morgan fingerprint density at radius 1 is 1.29 bits per heavy atom. The zero-order chi connectivity index (χ0) is 19.3. The summed E-state index contributed by atoms with van der Waals surface area (Å²) in [6, 6.07) is 7.49. The molecule has 7 nitrogen and oxygen atoms in total. The van der Waals surface area contributed by atoms with Crippen molar-refractivity contribution in [1.82, 2.24) is 19.5 Å². The summed E-state index contributed by atoms with van der Waals surface area (Å²) in [5.74, 6) is 1.07. The van der Waals surface area contributed by atoms with Gasteiger partial charge in [-0.1, -0.05) is 0 Å². The van der Waals surface area contributed by atoms with Crippen LogP contribution in [0.1, 0.15) is 33.4 Å². The molecule has 0 fully saturated rings. The summed E-state index contributed by atoms with van der Waals surface area (Å²) in [6.45, 7) is 2.44. The minimum atomic E-state index is -0.202. The van der Waals surface area contributed by atoms with Crippen molar-refractivity contribution in [2.75, 3.05) is 5.32 Å². The van der Waals surface area contributed by atoms with Crippen LogP contribution >= 0.6 is 11.3 Å². The molecule has 4 aromatic rings. The lowest BCUT2D eigenvalue weighted by Gasteiger charge is -2.08. The van der Waals surface area contributed by atoms with Gasteiger partial charge in [0.2, 0.25) is 5.89 Å². The molecule has 0 aliphatic rings. The molecule has 0 bridgehead atoms. The van der Waals surface area contributed by atoms with Gasteiger partial charge in [0.1, 0.15) is 11.5 Å². The Kier molecular flexibility index (Phi) is 5.11. The number of pyridine rings is 1. The first-order valence-electron chi connectivity index (χ1n) is 8.59. The second kappa shape index (κ2) is 8.01. The van der Waals surface area contributed by atoms with Gasteiger partial charge in [-0.15, -0.1) is 11.3 Å². The Balaban J connectivity index is 1.43. The van der Waals surface area contributed by atoms with E-state index in [0.29, 0.717) is 23.3 Å². The number of hydrogen-bond acceptors (Lipinski definition) is 6. The molecule has 0 saturated heterocycles. The third kappa shape index (κ3) is 4.24. The van der Waals surface area contributed by atoms with Crippen LogP contribution in [0.4, 0.5) is 5.13 Å². The van der Waals surface area contributed by atoms with Gasteiger partial charge in [-0.25, -0.2) is 9.97 Å². The largest absolute Gasteiger partial charge is 0.442 e. The van der Waals surface area contributed by atoms with E-state index in [-0.39, 0.29) is 5.91 Å². The highest BCUT2D eigenvalue weighted by Gasteiger charge is 2.13. The summed E-state index contributed by atoms with van der Waals surface area (Å²) in [5.41, 5.74) is 2.37. The van der Waals surface area contributed by atoms with E-state index in [2.05, 4.69) is 20.3 Å². The number of amides is 1. The molecule has 1 N–H and O–H groups in total. The lowest BCUT2D eigenvalue weighted by atomic mass is 10.2. The van der Waals surface area contributed by atoms with E-state index in [4.69, 9.17) is 4.42 Å². The molecule has 4 rings (SSSR count). The standard InChI is InChI=1S/C20H17N5O2S/c1-14-11-22-18(27-14)5-4-16-13-28-20(23-16)24-19(26)17-3-2-10-25(17)12-15-6-8-21-9-7-15/h2-11,13H,12H2,1H3,(H,23,24,26)/b5-4+. The van der Waals surface area contributed by atoms with Crippen LogP contribution in [-0.2, 0) is 6.54 Å². The Bertz CT molecular complexity index is 1110. The van der Waals surface area contributed by atoms with Crippen molar-refractivity contribution in [3.63, 3.8) is 0 Å². The van der Waals surface area contributed by atoms with Gasteiger partial charge in [-0.05, 0) is 42.8 Å². The summed E-state index contributed by atoms with van der Waals surface area (Å²) in [4.78, 5) is 25.2. The molecule has 8 heteroatoms. The average molecular weight is 391 g/mol. The minimum Gasteiger partial charge on any atom is -0.442 e. The predicted octanol–water partition coefficient (Wildman–Crippen LogP) is 4.11. The molecular weight excluding hydrogens is 374 g/mol. The zero-order valence-electron chi connectivity index (χ0n) is 15.1. The maximum Gasteiger partial charge on any atom is 0.274 e. The molecule has 0 aromatic carbocycles. The number of carbonyl (C=O) groups is 1. The highest BCUT2D eigenvalue weighted by atomic mass is 32.1. The maximum atomic E-state index is 12.7. The number of thiazole rings is 1. The Labute approximate surface area is 165 Å². The van der Waals surface area contributed by atoms with Crippen molar-refractivity contribution in [3.8, 4) is 0 Å². The van der Waals surface area contributed by atoms with Crippen LogP contribution in [0.15, 0.2) is 58.9 Å². The second-order valence-corrected chi connectivity index (χ2v) is 6.91. The quantitative estimate of drug-likeness (QED) is 0.535. The fourth-order valence-electron chi connectivity index (χ4n) is 2.63. The SMILES string of the molecule is Cc1cnc(/C=C/c2csc(NC(=O)c3cccn3Cc3ccncc3)n2)o1. The summed E-state index contributed by atoms with van der Waals surface area (Å²) >= 11 is 1.36. The second-order valence-electron chi connectivity index (χ2n) is 6.05. The van der Waals surface area contributed by atoms with Gasteiger partial charge in [0.25, 0.3) is 5.91 Å². The fraction of sp³-hybridized carbons (Fsp3) is 0.100. The van der Waals surface area contributed by atoms with Gasteiger partial charge in [-0.2, -0.15) is 0 Å². The number of carbonyl (C=O) groups excluding carboxylic acids is 1. The highest BCUT2D eigenvalue weighted by Crippen LogP contribution is 2.19. The van der Waals surface area contributed by atoms with Gasteiger partial charge < -0.3 is 8.98 Å². The summed E-state index contributed by atoms with van der Waals surface area (Å²) in [7, 11) is 0. The topological polar surface area (TPSA) is 85.8 Å². The maximum absolute atomic E-state index is 12.7. The molecule has 0 atom stereocenters. The van der Waals surface area contributed by atoms with E-state index >= 15 is 0 Å². The molecule has 1 amide bonds. The monoisotopic (exact) mass is 391 g/mol. The molecular formula is C20H17N5O2S. The van der Waals surface area contributed by atoms with Crippen molar-refractivity contribution in [3.05, 3.63) is 83.0 Å². The highest BCUT2D eigenvalue weighted by molar-refractivity contribution is 7.14. The molecule has 0 radical (unpaired) electrons. The lowest BCUT2D eigenvalue weighted by Crippen LogP contribution is -2.17. The Morgan fingerprint density at radius 2 is 2.14 bits per heavy atom. The molecule has 0 spiro atoms. The molecule has 0 saturated carbocycles. The summed E-state index contributed by atoms with van der Waals surface area (Å²) in [5, 5.41) is 5.25. The number of oxazole rings is 1. The first kappa shape index (κ1) is 17.9. The average Bonchev–Trinajstić information content (AvgIpc) is 3.42. The van der Waals surface area contributed by atoms with Crippen LogP contribution < -0.4 is 5.32 Å². The van der Waals surface area contributed by atoms with E-state index in [1.165, 1.54) is 11.3 Å². The van der Waals surface area contributed by atoms with Gasteiger partial charge in [0, 0.05) is 36.6 Å². The minimum absolute atomic E-state index is 0.202. The lowest BCUT2D eigenvalue weighted by molar-refractivity contribution is 0.101. The van der Waals surface area contributed by atoms with Gasteiger partial charge >= 0.3 is 0 Å². The molecule has 0 aliphatic heterocycles. The van der Waals surface area contributed by atoms with Crippen LogP contribution in [0.3, 0.4) is 0 Å². The van der Waals surface area contributed by atoms with Gasteiger partial charge in [0.05, 0.1) is 11.9 Å². The number of nitrogens with zero attached hydrogens (tertiary/aromatic N) is 4. The number of aromatic nitrogens is 4. The van der Waals surface area contributed by atoms with Crippen molar-refractivity contribution in [2.45, 2.75) is 13.5 Å². The first-order valence-corrected chi connectivity index (χ1v) is 9.47. The fourth-order valence-corrected chi connectivity index (χ4v) is 3.30. The van der Waals surface area contributed by atoms with Crippen molar-refractivity contribution in [1.29, 1.82) is 0 Å². The van der Waals surface area contributed by atoms with Gasteiger partial charge in [-0.3, -0.25) is 15.1 Å². The van der Waals surface area contributed by atoms with E-state index in [9.17, 15) is 4.79 Å². The molecule has 0 unspecified atom stereocenters. The van der Waals surface area contributed by atoms with Crippen molar-refractivity contribution < 1.29 is 9.21 Å². The van der Waals surface area contributed by atoms with Crippen LogP contribution in [0.2, 0.25) is 0 Å². The van der Waals surface area contributed by atoms with E-state index < -0.39 is 0 Å². The molecule has 0 aliphatic carbocycles. The number of rotatable bonds is 6. The summed E-state index contributed by atoms with van der Waals surface area (Å²) in [6.07, 6.45) is 10.6. The normalized spacial score (nSPS) is 11.2. The van der Waals surface area contributed by atoms with Crippen molar-refractivity contribution >= 4 is 34.5 Å².